The zero-order valence-electron chi connectivity index (χ0n) is 39.0. The van der Waals surface area contributed by atoms with Crippen molar-refractivity contribution in [2.75, 3.05) is 9.80 Å². The van der Waals surface area contributed by atoms with Gasteiger partial charge in [-0.2, -0.15) is 0 Å². The molecule has 0 aliphatic carbocycles. The number of benzene rings is 11. The number of para-hydroxylation sites is 4. The molecule has 11 rings (SSSR count). The largest absolute Gasteiger partial charge is 0.310 e. The van der Waals surface area contributed by atoms with Gasteiger partial charge in [0, 0.05) is 33.9 Å². The number of hydrogen-bond donors (Lipinski definition) is 0. The first-order chi connectivity index (χ1) is 33.4. The predicted octanol–water partition coefficient (Wildman–Crippen LogP) is 17.6. The molecule has 64 heavy (non-hydrogen) atoms. The topological polar surface area (TPSA) is 6.48 Å². The summed E-state index contributed by atoms with van der Waals surface area (Å²) in [4.78, 5) is 4.17. The van der Waals surface area contributed by atoms with Crippen molar-refractivity contribution in [3.8, 4) is 44.5 Å². The first kappa shape index (κ1) is 34.2. The van der Waals surface area contributed by atoms with Crippen LogP contribution in [-0.2, 0) is 0 Å². The molecule has 0 amide bonds. The molecule has 2 heteroatoms. The molecule has 0 saturated heterocycles. The summed E-state index contributed by atoms with van der Waals surface area (Å²) in [6, 6.07) is 82.0. The molecule has 11 aromatic rings. The molecule has 0 heterocycles. The van der Waals surface area contributed by atoms with Gasteiger partial charge in [0.2, 0.25) is 0 Å². The lowest BCUT2D eigenvalue weighted by atomic mass is 9.96. The summed E-state index contributed by atoms with van der Waals surface area (Å²) in [6.07, 6.45) is 0. The van der Waals surface area contributed by atoms with Crippen molar-refractivity contribution < 1.29 is 5.48 Å². The minimum Gasteiger partial charge on any atom is -0.310 e. The molecule has 0 fully saturated rings. The van der Waals surface area contributed by atoms with Crippen molar-refractivity contribution in [1.29, 1.82) is 0 Å². The van der Waals surface area contributed by atoms with E-state index in [1.807, 2.05) is 102 Å². The fraction of sp³-hybridized carbons (Fsp3) is 0. The molecule has 0 bridgehead atoms. The Morgan fingerprint density at radius 2 is 0.578 bits per heavy atom. The second-order valence-corrected chi connectivity index (χ2v) is 15.8. The van der Waals surface area contributed by atoms with Gasteiger partial charge in [-0.15, -0.1) is 0 Å². The maximum absolute atomic E-state index is 9.58. The summed E-state index contributed by atoms with van der Waals surface area (Å²) >= 11 is 0. The molecule has 0 atom stereocenters. The minimum atomic E-state index is -0.123. The highest BCUT2D eigenvalue weighted by molar-refractivity contribution is 6.03. The first-order valence-electron chi connectivity index (χ1n) is 23.6. The van der Waals surface area contributed by atoms with Crippen LogP contribution in [0.5, 0.6) is 0 Å². The monoisotopic (exact) mass is 820 g/mol. The normalized spacial score (nSPS) is 12.0. The third kappa shape index (κ3) is 7.38. The molecule has 0 radical (unpaired) electrons. The molecule has 0 aliphatic rings. The summed E-state index contributed by atoms with van der Waals surface area (Å²) in [7, 11) is 0. The van der Waals surface area contributed by atoms with Crippen LogP contribution in [0, 0.1) is 0 Å². The third-order valence-electron chi connectivity index (χ3n) is 11.9. The molecule has 0 unspecified atom stereocenters. The SMILES string of the molecule is [2H]c1c([2H])c(N(c2ccccc2)c2ccccc2-c2cccc3ccccc23)c([2H])c([2H])c1-c1ccc(-c2ccc(N(c3ccccc3)c3ccccc3-c3cccc4ccccc34)cc2)cc1. The van der Waals surface area contributed by atoms with Gasteiger partial charge in [0.1, 0.15) is 0 Å². The number of rotatable bonds is 10. The quantitative estimate of drug-likeness (QED) is 0.136. The summed E-state index contributed by atoms with van der Waals surface area (Å²) in [6.45, 7) is 0. The molecule has 0 aromatic heterocycles. The summed E-state index contributed by atoms with van der Waals surface area (Å²) in [5.41, 5.74) is 11.9. The van der Waals surface area contributed by atoms with Crippen molar-refractivity contribution in [2.24, 2.45) is 0 Å². The molecule has 0 spiro atoms. The van der Waals surface area contributed by atoms with Gasteiger partial charge in [0.05, 0.1) is 16.9 Å². The molecule has 0 aliphatic heterocycles. The Hall–Kier alpha value is -8.46. The number of anilines is 6. The van der Waals surface area contributed by atoms with Crippen LogP contribution in [-0.4, -0.2) is 0 Å². The highest BCUT2D eigenvalue weighted by atomic mass is 15.1. The summed E-state index contributed by atoms with van der Waals surface area (Å²) in [5.74, 6) is 0. The molecule has 0 N–H and O–H groups in total. The fourth-order valence-electron chi connectivity index (χ4n) is 8.88. The minimum absolute atomic E-state index is 0.105. The van der Waals surface area contributed by atoms with Crippen LogP contribution in [0.25, 0.3) is 66.1 Å². The van der Waals surface area contributed by atoms with E-state index in [0.717, 1.165) is 67.0 Å². The standard InChI is InChI=1S/C62H44N2/c1-3-21-51(22-4-1)63(61-31-13-11-27-59(61)57-29-15-19-49-17-7-9-25-55(49)57)53-41-37-47(38-42-53)45-33-35-46(36-34-45)48-39-43-54(44-40-48)64(52-23-5-2-6-24-52)62-32-14-12-28-60(62)58-30-16-20-50-18-8-10-26-56(50)58/h1-44H/i37D,38D,41D,42D. The van der Waals surface area contributed by atoms with Gasteiger partial charge in [-0.25, -0.2) is 0 Å². The van der Waals surface area contributed by atoms with Crippen molar-refractivity contribution in [2.45, 2.75) is 0 Å². The van der Waals surface area contributed by atoms with Crippen LogP contribution in [0.3, 0.4) is 0 Å². The molecular weight excluding hydrogens is 773 g/mol. The van der Waals surface area contributed by atoms with E-state index in [2.05, 4.69) is 150 Å². The van der Waals surface area contributed by atoms with Crippen molar-refractivity contribution in [3.05, 3.63) is 267 Å². The van der Waals surface area contributed by atoms with E-state index in [1.165, 1.54) is 16.3 Å². The Morgan fingerprint density at radius 1 is 0.234 bits per heavy atom. The van der Waals surface area contributed by atoms with Crippen LogP contribution >= 0.6 is 0 Å². The van der Waals surface area contributed by atoms with Crippen molar-refractivity contribution >= 4 is 55.7 Å². The number of fused-ring (bicyclic) bond motifs is 2. The van der Waals surface area contributed by atoms with Crippen LogP contribution in [0.15, 0.2) is 267 Å². The van der Waals surface area contributed by atoms with E-state index in [9.17, 15) is 5.48 Å². The van der Waals surface area contributed by atoms with Gasteiger partial charge in [-0.05, 0) is 116 Å². The fourth-order valence-corrected chi connectivity index (χ4v) is 8.88. The lowest BCUT2D eigenvalue weighted by molar-refractivity contribution is 1.28. The van der Waals surface area contributed by atoms with Gasteiger partial charge in [-0.3, -0.25) is 0 Å². The Labute approximate surface area is 380 Å². The number of nitrogens with zero attached hydrogens (tertiary/aromatic N) is 2. The third-order valence-corrected chi connectivity index (χ3v) is 11.9. The molecular formula is C62H44N2. The summed E-state index contributed by atoms with van der Waals surface area (Å²) < 4.78 is 38.1. The lowest BCUT2D eigenvalue weighted by Crippen LogP contribution is -2.11. The van der Waals surface area contributed by atoms with Crippen LogP contribution in [0.1, 0.15) is 5.48 Å². The lowest BCUT2D eigenvalue weighted by Gasteiger charge is -2.28. The van der Waals surface area contributed by atoms with Crippen molar-refractivity contribution in [1.82, 2.24) is 0 Å². The molecule has 302 valence electrons. The second kappa shape index (κ2) is 17.1. The molecule has 11 aromatic carbocycles. The van der Waals surface area contributed by atoms with E-state index < -0.39 is 0 Å². The van der Waals surface area contributed by atoms with Crippen molar-refractivity contribution in [3.63, 3.8) is 0 Å². The highest BCUT2D eigenvalue weighted by Gasteiger charge is 2.20. The molecule has 0 saturated carbocycles. The average molecular weight is 821 g/mol. The Bertz CT molecular complexity index is 3570. The maximum atomic E-state index is 9.58. The van der Waals surface area contributed by atoms with Gasteiger partial charge >= 0.3 is 0 Å². The van der Waals surface area contributed by atoms with Gasteiger partial charge in [-0.1, -0.05) is 206 Å². The molecule has 2 nitrogen and oxygen atoms in total. The van der Waals surface area contributed by atoms with Crippen LogP contribution in [0.2, 0.25) is 0 Å². The van der Waals surface area contributed by atoms with Gasteiger partial charge < -0.3 is 9.80 Å². The second-order valence-electron chi connectivity index (χ2n) is 15.8. The van der Waals surface area contributed by atoms with Crippen LogP contribution in [0.4, 0.5) is 34.1 Å². The predicted molar refractivity (Wildman–Crippen MR) is 273 cm³/mol. The highest BCUT2D eigenvalue weighted by Crippen LogP contribution is 2.45. The van der Waals surface area contributed by atoms with E-state index >= 15 is 0 Å². The van der Waals surface area contributed by atoms with Gasteiger partial charge in [0.15, 0.2) is 0 Å². The number of hydrogen-bond acceptors (Lipinski definition) is 2. The Balaban J connectivity index is 0.951. The zero-order chi connectivity index (χ0) is 46.1. The summed E-state index contributed by atoms with van der Waals surface area (Å²) in [5, 5.41) is 4.58. The van der Waals surface area contributed by atoms with E-state index in [4.69, 9.17) is 0 Å². The van der Waals surface area contributed by atoms with E-state index in [0.29, 0.717) is 5.56 Å². The first-order valence-corrected chi connectivity index (χ1v) is 21.6. The van der Waals surface area contributed by atoms with Gasteiger partial charge in [0.25, 0.3) is 0 Å². The zero-order valence-corrected chi connectivity index (χ0v) is 35.0. The smallest absolute Gasteiger partial charge is 0.0645 e. The average Bonchev–Trinajstić information content (AvgIpc) is 3.40. The maximum Gasteiger partial charge on any atom is 0.0645 e. The van der Waals surface area contributed by atoms with E-state index in [-0.39, 0.29) is 35.4 Å². The van der Waals surface area contributed by atoms with Crippen LogP contribution < -0.4 is 9.80 Å². The Kier molecular flexibility index (Phi) is 9.14. The Morgan fingerprint density at radius 3 is 1.08 bits per heavy atom. The van der Waals surface area contributed by atoms with E-state index in [1.54, 1.807) is 0 Å².